The summed E-state index contributed by atoms with van der Waals surface area (Å²) < 4.78 is 0.554. The lowest BCUT2D eigenvalue weighted by molar-refractivity contribution is -0.117. The van der Waals surface area contributed by atoms with Crippen molar-refractivity contribution in [1.82, 2.24) is 9.97 Å². The highest BCUT2D eigenvalue weighted by Gasteiger charge is 2.22. The molecule has 0 unspecified atom stereocenters. The van der Waals surface area contributed by atoms with Crippen molar-refractivity contribution >= 4 is 28.5 Å². The Hall–Kier alpha value is -0.920. The number of carbonyl (C=O) groups is 1. The zero-order valence-electron chi connectivity index (χ0n) is 9.43. The summed E-state index contributed by atoms with van der Waals surface area (Å²) in [6, 6.07) is 0. The molecule has 0 saturated carbocycles. The van der Waals surface area contributed by atoms with Gasteiger partial charge in [-0.3, -0.25) is 9.59 Å². The van der Waals surface area contributed by atoms with Crippen LogP contribution in [0.4, 0.5) is 0 Å². The minimum absolute atomic E-state index is 0.0464. The summed E-state index contributed by atoms with van der Waals surface area (Å²) in [7, 11) is 0. The van der Waals surface area contributed by atoms with Gasteiger partial charge in [-0.15, -0.1) is 0 Å². The van der Waals surface area contributed by atoms with Gasteiger partial charge in [-0.2, -0.15) is 0 Å². The predicted octanol–water partition coefficient (Wildman–Crippen LogP) is 0.700. The number of hydrogen-bond donors (Lipinski definition) is 2. The Kier molecular flexibility index (Phi) is 3.72. The van der Waals surface area contributed by atoms with E-state index in [1.807, 2.05) is 43.4 Å². The van der Waals surface area contributed by atoms with E-state index in [4.69, 9.17) is 5.73 Å². The molecule has 1 heterocycles. The Morgan fingerprint density at radius 3 is 2.50 bits per heavy atom. The van der Waals surface area contributed by atoms with Crippen LogP contribution in [0.2, 0.25) is 0 Å². The third-order valence-electron chi connectivity index (χ3n) is 1.96. The summed E-state index contributed by atoms with van der Waals surface area (Å²) in [5.74, 6) is -0.188. The molecule has 0 saturated heterocycles. The number of hydrogen-bond acceptors (Lipinski definition) is 3. The fraction of sp³-hybridized carbons (Fsp3) is 0.500. The Morgan fingerprint density at radius 2 is 2.06 bits per heavy atom. The van der Waals surface area contributed by atoms with Crippen molar-refractivity contribution in [3.05, 3.63) is 25.4 Å². The maximum absolute atomic E-state index is 11.6. The zero-order chi connectivity index (χ0) is 12.5. The van der Waals surface area contributed by atoms with E-state index in [2.05, 4.69) is 9.97 Å². The first kappa shape index (κ1) is 13.1. The molecule has 0 aromatic carbocycles. The summed E-state index contributed by atoms with van der Waals surface area (Å²) in [4.78, 5) is 29.2. The van der Waals surface area contributed by atoms with Crippen LogP contribution in [0.3, 0.4) is 0 Å². The molecule has 0 bridgehead atoms. The summed E-state index contributed by atoms with van der Waals surface area (Å²) in [6.07, 6.45) is -0.0464. The van der Waals surface area contributed by atoms with Gasteiger partial charge in [0, 0.05) is 5.41 Å². The predicted molar refractivity (Wildman–Crippen MR) is 69.2 cm³/mol. The van der Waals surface area contributed by atoms with Crippen molar-refractivity contribution < 1.29 is 4.79 Å². The molecule has 0 aliphatic carbocycles. The van der Waals surface area contributed by atoms with E-state index in [1.54, 1.807) is 0 Å². The normalized spacial score (nSPS) is 11.5. The molecule has 5 nitrogen and oxygen atoms in total. The minimum atomic E-state index is -0.510. The summed E-state index contributed by atoms with van der Waals surface area (Å²) in [6.45, 7) is 5.89. The molecule has 16 heavy (non-hydrogen) atoms. The molecule has 0 fully saturated rings. The molecule has 6 heteroatoms. The van der Waals surface area contributed by atoms with E-state index in [0.29, 0.717) is 15.1 Å². The number of nitrogens with one attached hydrogen (secondary N) is 1. The second kappa shape index (κ2) is 4.52. The van der Waals surface area contributed by atoms with Crippen LogP contribution in [-0.2, 0) is 16.6 Å². The van der Waals surface area contributed by atoms with Crippen LogP contribution in [-0.4, -0.2) is 15.9 Å². The fourth-order valence-corrected chi connectivity index (χ4v) is 2.32. The number of rotatable bonds is 2. The topological polar surface area (TPSA) is 88.8 Å². The average Bonchev–Trinajstić information content (AvgIpc) is 2.08. The number of nitrogens with two attached hydrogens (primary N) is 1. The standard InChI is InChI=1S/C10H14IN3O2/c1-10(2,3)8-7(11)9(16)14-6(13-8)4-5(12)15/h4H2,1-3H3,(H2,12,15)(H,13,14,16). The van der Waals surface area contributed by atoms with Gasteiger partial charge in [0.05, 0.1) is 12.1 Å². The van der Waals surface area contributed by atoms with Crippen LogP contribution in [0.25, 0.3) is 0 Å². The lowest BCUT2D eigenvalue weighted by Gasteiger charge is -2.19. The molecule has 1 amide bonds. The molecular weight excluding hydrogens is 321 g/mol. The van der Waals surface area contributed by atoms with E-state index in [1.165, 1.54) is 0 Å². The van der Waals surface area contributed by atoms with Gasteiger partial charge in [0.1, 0.15) is 9.39 Å². The van der Waals surface area contributed by atoms with Crippen LogP contribution in [0.1, 0.15) is 32.3 Å². The highest BCUT2D eigenvalue weighted by molar-refractivity contribution is 14.1. The summed E-state index contributed by atoms with van der Waals surface area (Å²) >= 11 is 1.96. The summed E-state index contributed by atoms with van der Waals surface area (Å²) in [5, 5.41) is 0. The van der Waals surface area contributed by atoms with E-state index < -0.39 is 5.91 Å². The Balaban J connectivity index is 3.34. The lowest BCUT2D eigenvalue weighted by atomic mass is 9.92. The largest absolute Gasteiger partial charge is 0.369 e. The van der Waals surface area contributed by atoms with Crippen LogP contribution < -0.4 is 11.3 Å². The lowest BCUT2D eigenvalue weighted by Crippen LogP contribution is -2.27. The van der Waals surface area contributed by atoms with Gasteiger partial charge in [-0.25, -0.2) is 4.98 Å². The number of aromatic nitrogens is 2. The molecule has 0 spiro atoms. The Morgan fingerprint density at radius 1 is 1.50 bits per heavy atom. The van der Waals surface area contributed by atoms with Crippen molar-refractivity contribution in [3.63, 3.8) is 0 Å². The number of primary amides is 1. The zero-order valence-corrected chi connectivity index (χ0v) is 11.6. The molecule has 1 aromatic rings. The number of nitrogens with zero attached hydrogens (tertiary/aromatic N) is 1. The van der Waals surface area contributed by atoms with E-state index in [0.717, 1.165) is 0 Å². The van der Waals surface area contributed by atoms with Gasteiger partial charge < -0.3 is 10.7 Å². The second-order valence-corrected chi connectivity index (χ2v) is 5.65. The molecule has 0 aliphatic rings. The van der Waals surface area contributed by atoms with Crippen LogP contribution >= 0.6 is 22.6 Å². The molecule has 1 rings (SSSR count). The molecule has 0 radical (unpaired) electrons. The van der Waals surface area contributed by atoms with E-state index >= 15 is 0 Å². The maximum Gasteiger partial charge on any atom is 0.264 e. The van der Waals surface area contributed by atoms with Gasteiger partial charge >= 0.3 is 0 Å². The number of amides is 1. The monoisotopic (exact) mass is 335 g/mol. The Bertz CT molecular complexity index is 474. The second-order valence-electron chi connectivity index (χ2n) is 4.57. The smallest absolute Gasteiger partial charge is 0.264 e. The van der Waals surface area contributed by atoms with Gasteiger partial charge in [-0.1, -0.05) is 20.8 Å². The van der Waals surface area contributed by atoms with Gasteiger partial charge in [0.25, 0.3) is 5.56 Å². The molecule has 0 aliphatic heterocycles. The van der Waals surface area contributed by atoms with E-state index in [9.17, 15) is 9.59 Å². The number of H-pyrrole nitrogens is 1. The van der Waals surface area contributed by atoms with Crippen LogP contribution in [0.15, 0.2) is 4.79 Å². The molecule has 1 aromatic heterocycles. The third-order valence-corrected chi connectivity index (χ3v) is 2.96. The van der Waals surface area contributed by atoms with Gasteiger partial charge in [-0.05, 0) is 22.6 Å². The van der Waals surface area contributed by atoms with Crippen molar-refractivity contribution in [1.29, 1.82) is 0 Å². The highest BCUT2D eigenvalue weighted by atomic mass is 127. The summed E-state index contributed by atoms with van der Waals surface area (Å²) in [5.41, 5.74) is 5.29. The fourth-order valence-electron chi connectivity index (χ4n) is 1.25. The minimum Gasteiger partial charge on any atom is -0.369 e. The molecular formula is C10H14IN3O2. The SMILES string of the molecule is CC(C)(C)c1nc(CC(N)=O)[nH]c(=O)c1I. The highest BCUT2D eigenvalue weighted by Crippen LogP contribution is 2.22. The van der Waals surface area contributed by atoms with Crippen molar-refractivity contribution in [2.75, 3.05) is 0 Å². The van der Waals surface area contributed by atoms with Crippen molar-refractivity contribution in [3.8, 4) is 0 Å². The molecule has 88 valence electrons. The van der Waals surface area contributed by atoms with Gasteiger partial charge in [0.2, 0.25) is 5.91 Å². The van der Waals surface area contributed by atoms with Crippen LogP contribution in [0.5, 0.6) is 0 Å². The Labute approximate surface area is 107 Å². The maximum atomic E-state index is 11.6. The molecule has 3 N–H and O–H groups in total. The first-order valence-electron chi connectivity index (χ1n) is 4.79. The third kappa shape index (κ3) is 3.03. The van der Waals surface area contributed by atoms with Crippen LogP contribution in [0, 0.1) is 3.57 Å². The van der Waals surface area contributed by atoms with Crippen molar-refractivity contribution in [2.24, 2.45) is 5.73 Å². The number of carbonyl (C=O) groups excluding carboxylic acids is 1. The van der Waals surface area contributed by atoms with E-state index in [-0.39, 0.29) is 17.4 Å². The quantitative estimate of drug-likeness (QED) is 0.780. The number of aromatic amines is 1. The first-order valence-corrected chi connectivity index (χ1v) is 5.87. The van der Waals surface area contributed by atoms with Gasteiger partial charge in [0.15, 0.2) is 0 Å². The first-order chi connectivity index (χ1) is 7.21. The number of halogens is 1. The van der Waals surface area contributed by atoms with Crippen molar-refractivity contribution in [2.45, 2.75) is 32.6 Å². The molecule has 0 atom stereocenters. The average molecular weight is 335 g/mol.